The lowest BCUT2D eigenvalue weighted by atomic mass is 10.4. The molecular formula is C10H15ClN2O2S. The van der Waals surface area contributed by atoms with Gasteiger partial charge in [0.1, 0.15) is 0 Å². The molecule has 0 aliphatic heterocycles. The van der Waals surface area contributed by atoms with Crippen molar-refractivity contribution in [3.8, 4) is 0 Å². The highest BCUT2D eigenvalue weighted by atomic mass is 35.5. The highest BCUT2D eigenvalue weighted by Gasteiger charge is 2.10. The fraction of sp³-hybridized carbons (Fsp3) is 0.500. The number of amides is 1. The van der Waals surface area contributed by atoms with E-state index in [-0.39, 0.29) is 12.5 Å². The topological polar surface area (TPSA) is 55.6 Å². The van der Waals surface area contributed by atoms with Crippen LogP contribution in [0.3, 0.4) is 0 Å². The molecule has 90 valence electrons. The Kier molecular flexibility index (Phi) is 5.76. The van der Waals surface area contributed by atoms with Crippen LogP contribution in [0.2, 0.25) is 4.34 Å². The van der Waals surface area contributed by atoms with E-state index in [9.17, 15) is 4.79 Å². The van der Waals surface area contributed by atoms with Crippen LogP contribution in [0.5, 0.6) is 0 Å². The molecule has 2 N–H and O–H groups in total. The molecule has 1 aromatic heterocycles. The highest BCUT2D eigenvalue weighted by molar-refractivity contribution is 7.16. The molecule has 0 atom stereocenters. The van der Waals surface area contributed by atoms with Crippen LogP contribution >= 0.6 is 22.9 Å². The minimum Gasteiger partial charge on any atom is -0.383 e. The lowest BCUT2D eigenvalue weighted by molar-refractivity contribution is -0.119. The molecule has 1 rings (SSSR count). The van der Waals surface area contributed by atoms with Gasteiger partial charge in [-0.05, 0) is 12.1 Å². The van der Waals surface area contributed by atoms with Gasteiger partial charge in [0.15, 0.2) is 0 Å². The van der Waals surface area contributed by atoms with E-state index in [0.717, 1.165) is 9.21 Å². The second-order valence-corrected chi connectivity index (χ2v) is 5.18. The third-order valence-corrected chi connectivity index (χ3v) is 3.22. The Balaban J connectivity index is 2.51. The van der Waals surface area contributed by atoms with Crippen molar-refractivity contribution in [2.75, 3.05) is 26.8 Å². The van der Waals surface area contributed by atoms with Crippen molar-refractivity contribution in [1.29, 1.82) is 0 Å². The maximum absolute atomic E-state index is 10.9. The van der Waals surface area contributed by atoms with Crippen molar-refractivity contribution in [3.05, 3.63) is 21.3 Å². The van der Waals surface area contributed by atoms with Gasteiger partial charge in [-0.2, -0.15) is 0 Å². The molecule has 0 aromatic carbocycles. The van der Waals surface area contributed by atoms with Gasteiger partial charge in [-0.15, -0.1) is 11.3 Å². The van der Waals surface area contributed by atoms with Crippen molar-refractivity contribution < 1.29 is 9.53 Å². The number of hydrogen-bond donors (Lipinski definition) is 1. The minimum atomic E-state index is -0.334. The Morgan fingerprint density at radius 2 is 2.38 bits per heavy atom. The Hall–Kier alpha value is -0.620. The largest absolute Gasteiger partial charge is 0.383 e. The van der Waals surface area contributed by atoms with Crippen LogP contribution in [0.15, 0.2) is 12.1 Å². The summed E-state index contributed by atoms with van der Waals surface area (Å²) in [5, 5.41) is 0. The van der Waals surface area contributed by atoms with Gasteiger partial charge in [-0.25, -0.2) is 0 Å². The molecule has 0 aliphatic rings. The van der Waals surface area contributed by atoms with Gasteiger partial charge in [0.25, 0.3) is 0 Å². The van der Waals surface area contributed by atoms with E-state index in [0.29, 0.717) is 19.7 Å². The third-order valence-electron chi connectivity index (χ3n) is 2.00. The van der Waals surface area contributed by atoms with Gasteiger partial charge < -0.3 is 10.5 Å². The second-order valence-electron chi connectivity index (χ2n) is 3.38. The van der Waals surface area contributed by atoms with E-state index in [1.54, 1.807) is 7.11 Å². The van der Waals surface area contributed by atoms with Crippen LogP contribution in [-0.2, 0) is 16.1 Å². The summed E-state index contributed by atoms with van der Waals surface area (Å²) < 4.78 is 5.73. The molecule has 0 aliphatic carbocycles. The standard InChI is InChI=1S/C10H15ClN2O2S/c1-15-5-4-13(7-10(12)14)6-8-2-3-9(11)16-8/h2-3H,4-7H2,1H3,(H2,12,14). The molecule has 16 heavy (non-hydrogen) atoms. The van der Waals surface area contributed by atoms with Crippen LogP contribution < -0.4 is 5.73 Å². The van der Waals surface area contributed by atoms with Gasteiger partial charge in [0.2, 0.25) is 5.91 Å². The first kappa shape index (κ1) is 13.4. The Labute approximate surface area is 104 Å². The summed E-state index contributed by atoms with van der Waals surface area (Å²) in [6, 6.07) is 3.80. The van der Waals surface area contributed by atoms with E-state index in [4.69, 9.17) is 22.1 Å². The quantitative estimate of drug-likeness (QED) is 0.807. The van der Waals surface area contributed by atoms with Crippen LogP contribution in [0, 0.1) is 0 Å². The van der Waals surface area contributed by atoms with Crippen molar-refractivity contribution in [2.24, 2.45) is 5.73 Å². The molecule has 0 bridgehead atoms. The first-order valence-electron chi connectivity index (χ1n) is 4.85. The van der Waals surface area contributed by atoms with E-state index >= 15 is 0 Å². The average Bonchev–Trinajstić information content (AvgIpc) is 2.59. The van der Waals surface area contributed by atoms with Crippen LogP contribution in [0.25, 0.3) is 0 Å². The van der Waals surface area contributed by atoms with Crippen molar-refractivity contribution in [2.45, 2.75) is 6.54 Å². The minimum absolute atomic E-state index is 0.235. The lowest BCUT2D eigenvalue weighted by Gasteiger charge is -2.19. The summed E-state index contributed by atoms with van der Waals surface area (Å²) in [5.41, 5.74) is 5.18. The number of halogens is 1. The number of carbonyl (C=O) groups excluding carboxylic acids is 1. The van der Waals surface area contributed by atoms with Gasteiger partial charge in [-0.3, -0.25) is 9.69 Å². The number of thiophene rings is 1. The number of hydrogen-bond acceptors (Lipinski definition) is 4. The number of carbonyl (C=O) groups is 1. The van der Waals surface area contributed by atoms with Gasteiger partial charge in [0, 0.05) is 25.1 Å². The zero-order valence-corrected chi connectivity index (χ0v) is 10.7. The molecule has 0 unspecified atom stereocenters. The summed E-state index contributed by atoms with van der Waals surface area (Å²) in [5.74, 6) is -0.334. The first-order chi connectivity index (χ1) is 7.61. The number of nitrogens with two attached hydrogens (primary N) is 1. The molecule has 0 radical (unpaired) electrons. The molecular weight excluding hydrogens is 248 g/mol. The third kappa shape index (κ3) is 4.94. The maximum atomic E-state index is 10.9. The van der Waals surface area contributed by atoms with Crippen molar-refractivity contribution >= 4 is 28.8 Å². The van der Waals surface area contributed by atoms with Crippen molar-refractivity contribution in [3.63, 3.8) is 0 Å². The van der Waals surface area contributed by atoms with E-state index < -0.39 is 0 Å². The van der Waals surface area contributed by atoms with E-state index in [1.807, 2.05) is 17.0 Å². The highest BCUT2D eigenvalue weighted by Crippen LogP contribution is 2.22. The number of primary amides is 1. The monoisotopic (exact) mass is 262 g/mol. The molecule has 6 heteroatoms. The fourth-order valence-electron chi connectivity index (χ4n) is 1.31. The van der Waals surface area contributed by atoms with Crippen LogP contribution in [0.1, 0.15) is 4.88 Å². The molecule has 0 fully saturated rings. The van der Waals surface area contributed by atoms with Crippen molar-refractivity contribution in [1.82, 2.24) is 4.90 Å². The van der Waals surface area contributed by atoms with Gasteiger partial charge in [0.05, 0.1) is 17.5 Å². The van der Waals surface area contributed by atoms with Crippen LogP contribution in [-0.4, -0.2) is 37.6 Å². The Morgan fingerprint density at radius 3 is 2.88 bits per heavy atom. The molecule has 1 aromatic rings. The molecule has 0 saturated heterocycles. The molecule has 4 nitrogen and oxygen atoms in total. The predicted octanol–water partition coefficient (Wildman–Crippen LogP) is 1.34. The molecule has 0 spiro atoms. The SMILES string of the molecule is COCCN(CC(N)=O)Cc1ccc(Cl)s1. The summed E-state index contributed by atoms with van der Waals surface area (Å²) in [6.07, 6.45) is 0. The smallest absolute Gasteiger partial charge is 0.231 e. The molecule has 0 saturated carbocycles. The number of nitrogens with zero attached hydrogens (tertiary/aromatic N) is 1. The average molecular weight is 263 g/mol. The van der Waals surface area contributed by atoms with Gasteiger partial charge >= 0.3 is 0 Å². The number of rotatable bonds is 7. The zero-order chi connectivity index (χ0) is 12.0. The summed E-state index contributed by atoms with van der Waals surface area (Å²) in [7, 11) is 1.63. The Morgan fingerprint density at radius 1 is 1.62 bits per heavy atom. The summed E-state index contributed by atoms with van der Waals surface area (Å²) in [6.45, 7) is 2.16. The summed E-state index contributed by atoms with van der Waals surface area (Å²) >= 11 is 7.35. The number of methoxy groups -OCH3 is 1. The maximum Gasteiger partial charge on any atom is 0.231 e. The zero-order valence-electron chi connectivity index (χ0n) is 9.11. The van der Waals surface area contributed by atoms with Crippen LogP contribution in [0.4, 0.5) is 0 Å². The van der Waals surface area contributed by atoms with Gasteiger partial charge in [-0.1, -0.05) is 11.6 Å². The Bertz CT molecular complexity index is 343. The number of ether oxygens (including phenoxy) is 1. The molecule has 1 heterocycles. The summed E-state index contributed by atoms with van der Waals surface area (Å²) in [4.78, 5) is 13.9. The fourth-order valence-corrected chi connectivity index (χ4v) is 2.44. The second kappa shape index (κ2) is 6.85. The normalized spacial score (nSPS) is 10.9. The molecule has 1 amide bonds. The first-order valence-corrected chi connectivity index (χ1v) is 6.05. The predicted molar refractivity (Wildman–Crippen MR) is 65.7 cm³/mol. The van der Waals surface area contributed by atoms with E-state index in [1.165, 1.54) is 11.3 Å². The van der Waals surface area contributed by atoms with E-state index in [2.05, 4.69) is 0 Å². The lowest BCUT2D eigenvalue weighted by Crippen LogP contribution is -2.35.